The van der Waals surface area contributed by atoms with Gasteiger partial charge in [-0.15, -0.1) is 0 Å². The molecule has 1 fully saturated rings. The number of benzene rings is 1. The summed E-state index contributed by atoms with van der Waals surface area (Å²) in [5.41, 5.74) is 0.584. The van der Waals surface area contributed by atoms with Crippen molar-refractivity contribution in [2.24, 2.45) is 5.92 Å². The Kier molecular flexibility index (Phi) is 5.01. The lowest BCUT2D eigenvalue weighted by Gasteiger charge is -2.37. The largest absolute Gasteiger partial charge is 0.317 e. The fourth-order valence-electron chi connectivity index (χ4n) is 3.00. The zero-order valence-corrected chi connectivity index (χ0v) is 13.6. The van der Waals surface area contributed by atoms with E-state index in [-0.39, 0.29) is 10.8 Å². The minimum atomic E-state index is -3.62. The molecule has 1 aromatic rings. The van der Waals surface area contributed by atoms with Crippen molar-refractivity contribution in [1.29, 1.82) is 0 Å². The molecule has 21 heavy (non-hydrogen) atoms. The van der Waals surface area contributed by atoms with Crippen molar-refractivity contribution in [3.05, 3.63) is 29.6 Å². The first-order chi connectivity index (χ1) is 9.90. The molecular weight excluding hydrogens is 291 g/mol. The van der Waals surface area contributed by atoms with Crippen LogP contribution in [-0.2, 0) is 10.0 Å². The molecular formula is C15H23FN2O2S. The number of hydrogen-bond acceptors (Lipinski definition) is 3. The van der Waals surface area contributed by atoms with Crippen molar-refractivity contribution in [3.8, 4) is 0 Å². The summed E-state index contributed by atoms with van der Waals surface area (Å²) in [5, 5.41) is 3.26. The Morgan fingerprint density at radius 1 is 1.43 bits per heavy atom. The van der Waals surface area contributed by atoms with Gasteiger partial charge >= 0.3 is 0 Å². The second-order valence-corrected chi connectivity index (χ2v) is 7.53. The van der Waals surface area contributed by atoms with Crippen molar-refractivity contribution >= 4 is 10.0 Å². The Bertz CT molecular complexity index is 604. The summed E-state index contributed by atoms with van der Waals surface area (Å²) in [6.45, 7) is 4.73. The van der Waals surface area contributed by atoms with Crippen molar-refractivity contribution in [2.45, 2.75) is 37.6 Å². The fraction of sp³-hybridized carbons (Fsp3) is 0.600. The molecule has 2 atom stereocenters. The van der Waals surface area contributed by atoms with E-state index in [1.807, 2.05) is 7.05 Å². The standard InChI is InChI=1S/C15H23FN2O2S/c1-4-12-10-18(8-7-14(12)17-3)21(19,20)15-9-13(16)6-5-11(15)2/h5-6,9,12,14,17H,4,7-8,10H2,1-3H3. The Balaban J connectivity index is 2.30. The van der Waals surface area contributed by atoms with E-state index >= 15 is 0 Å². The highest BCUT2D eigenvalue weighted by Gasteiger charge is 2.34. The van der Waals surface area contributed by atoms with Gasteiger partial charge in [-0.1, -0.05) is 19.4 Å². The second kappa shape index (κ2) is 6.42. The quantitative estimate of drug-likeness (QED) is 0.926. The fourth-order valence-corrected chi connectivity index (χ4v) is 4.75. The summed E-state index contributed by atoms with van der Waals surface area (Å²) in [6.07, 6.45) is 1.70. The van der Waals surface area contributed by atoms with E-state index in [4.69, 9.17) is 0 Å². The van der Waals surface area contributed by atoms with Gasteiger partial charge in [0.2, 0.25) is 10.0 Å². The van der Waals surface area contributed by atoms with Crippen LogP contribution in [-0.4, -0.2) is 38.9 Å². The molecule has 0 bridgehead atoms. The van der Waals surface area contributed by atoms with Crippen LogP contribution in [0, 0.1) is 18.7 Å². The van der Waals surface area contributed by atoms with Gasteiger partial charge in [0.25, 0.3) is 0 Å². The van der Waals surface area contributed by atoms with Gasteiger partial charge in [0.05, 0.1) is 4.90 Å². The molecule has 4 nitrogen and oxygen atoms in total. The van der Waals surface area contributed by atoms with E-state index in [0.717, 1.165) is 18.9 Å². The Morgan fingerprint density at radius 3 is 2.76 bits per heavy atom. The first-order valence-electron chi connectivity index (χ1n) is 7.33. The molecule has 1 aromatic carbocycles. The lowest BCUT2D eigenvalue weighted by atomic mass is 9.91. The minimum absolute atomic E-state index is 0.0836. The number of nitrogens with zero attached hydrogens (tertiary/aromatic N) is 1. The van der Waals surface area contributed by atoms with E-state index in [0.29, 0.717) is 24.7 Å². The van der Waals surface area contributed by atoms with Crippen LogP contribution in [0.5, 0.6) is 0 Å². The van der Waals surface area contributed by atoms with Crippen molar-refractivity contribution in [3.63, 3.8) is 0 Å². The average Bonchev–Trinajstić information content (AvgIpc) is 2.48. The maximum atomic E-state index is 13.4. The zero-order chi connectivity index (χ0) is 15.6. The molecule has 2 unspecified atom stereocenters. The van der Waals surface area contributed by atoms with Gasteiger partial charge in [-0.25, -0.2) is 12.8 Å². The topological polar surface area (TPSA) is 49.4 Å². The normalized spacial score (nSPS) is 24.2. The predicted molar refractivity (Wildman–Crippen MR) is 81.1 cm³/mol. The summed E-state index contributed by atoms with van der Waals surface area (Å²) in [7, 11) is -1.71. The monoisotopic (exact) mass is 314 g/mol. The number of aryl methyl sites for hydroxylation is 1. The number of piperidine rings is 1. The summed E-state index contributed by atoms with van der Waals surface area (Å²) in [5.74, 6) is -0.233. The number of sulfonamides is 1. The maximum Gasteiger partial charge on any atom is 0.243 e. The van der Waals surface area contributed by atoms with Crippen LogP contribution < -0.4 is 5.32 Å². The van der Waals surface area contributed by atoms with Crippen LogP contribution >= 0.6 is 0 Å². The molecule has 0 saturated carbocycles. The molecule has 0 radical (unpaired) electrons. The molecule has 1 aliphatic rings. The molecule has 0 aromatic heterocycles. The third kappa shape index (κ3) is 3.27. The number of nitrogens with one attached hydrogen (secondary N) is 1. The first kappa shape index (κ1) is 16.4. The Morgan fingerprint density at radius 2 is 2.14 bits per heavy atom. The highest BCUT2D eigenvalue weighted by atomic mass is 32.2. The summed E-state index contributed by atoms with van der Waals surface area (Å²) in [4.78, 5) is 0.0836. The first-order valence-corrected chi connectivity index (χ1v) is 8.77. The van der Waals surface area contributed by atoms with Crippen molar-refractivity contribution in [2.75, 3.05) is 20.1 Å². The van der Waals surface area contributed by atoms with E-state index < -0.39 is 15.8 Å². The molecule has 1 saturated heterocycles. The Labute approximate surface area is 126 Å². The predicted octanol–water partition coefficient (Wildman–Crippen LogP) is 2.14. The van der Waals surface area contributed by atoms with Gasteiger partial charge in [0.15, 0.2) is 0 Å². The van der Waals surface area contributed by atoms with Gasteiger partial charge in [0, 0.05) is 19.1 Å². The average molecular weight is 314 g/mol. The zero-order valence-electron chi connectivity index (χ0n) is 12.8. The SMILES string of the molecule is CCC1CN(S(=O)(=O)c2cc(F)ccc2C)CCC1NC. The van der Waals surface area contributed by atoms with E-state index in [9.17, 15) is 12.8 Å². The van der Waals surface area contributed by atoms with Gasteiger partial charge < -0.3 is 5.32 Å². The van der Waals surface area contributed by atoms with Crippen LogP contribution in [0.15, 0.2) is 23.1 Å². The van der Waals surface area contributed by atoms with Crippen molar-refractivity contribution < 1.29 is 12.8 Å². The summed E-state index contributed by atoms with van der Waals surface area (Å²) >= 11 is 0. The molecule has 2 rings (SSSR count). The molecule has 0 spiro atoms. The molecule has 1 aliphatic heterocycles. The minimum Gasteiger partial charge on any atom is -0.317 e. The van der Waals surface area contributed by atoms with Gasteiger partial charge in [0.1, 0.15) is 5.82 Å². The van der Waals surface area contributed by atoms with Crippen LogP contribution in [0.2, 0.25) is 0 Å². The number of rotatable bonds is 4. The smallest absolute Gasteiger partial charge is 0.243 e. The van der Waals surface area contributed by atoms with E-state index in [1.165, 1.54) is 16.4 Å². The third-order valence-corrected chi connectivity index (χ3v) is 6.37. The third-order valence-electron chi connectivity index (χ3n) is 4.36. The number of hydrogen-bond donors (Lipinski definition) is 1. The second-order valence-electron chi connectivity index (χ2n) is 5.63. The lowest BCUT2D eigenvalue weighted by molar-refractivity contribution is 0.209. The highest BCUT2D eigenvalue weighted by molar-refractivity contribution is 7.89. The molecule has 0 amide bonds. The lowest BCUT2D eigenvalue weighted by Crippen LogP contribution is -2.50. The van der Waals surface area contributed by atoms with Crippen LogP contribution in [0.3, 0.4) is 0 Å². The molecule has 0 aliphatic carbocycles. The molecule has 118 valence electrons. The van der Waals surface area contributed by atoms with Crippen molar-refractivity contribution in [1.82, 2.24) is 9.62 Å². The Hall–Kier alpha value is -0.980. The highest BCUT2D eigenvalue weighted by Crippen LogP contribution is 2.27. The van der Waals surface area contributed by atoms with E-state index in [2.05, 4.69) is 12.2 Å². The van der Waals surface area contributed by atoms with Crippen LogP contribution in [0.1, 0.15) is 25.3 Å². The van der Waals surface area contributed by atoms with Gasteiger partial charge in [-0.3, -0.25) is 0 Å². The van der Waals surface area contributed by atoms with E-state index in [1.54, 1.807) is 6.92 Å². The van der Waals surface area contributed by atoms with Gasteiger partial charge in [-0.05, 0) is 44.0 Å². The number of halogens is 1. The van der Waals surface area contributed by atoms with Crippen LogP contribution in [0.4, 0.5) is 4.39 Å². The molecule has 1 N–H and O–H groups in total. The molecule has 1 heterocycles. The van der Waals surface area contributed by atoms with Gasteiger partial charge in [-0.2, -0.15) is 4.31 Å². The summed E-state index contributed by atoms with van der Waals surface area (Å²) in [6, 6.07) is 4.27. The molecule has 6 heteroatoms. The summed E-state index contributed by atoms with van der Waals surface area (Å²) < 4.78 is 40.4. The maximum absolute atomic E-state index is 13.4. The van der Waals surface area contributed by atoms with Crippen LogP contribution in [0.25, 0.3) is 0 Å².